The van der Waals surface area contributed by atoms with Gasteiger partial charge in [0.05, 0.1) is 6.61 Å². The summed E-state index contributed by atoms with van der Waals surface area (Å²) in [5.74, 6) is -0.197. The maximum Gasteiger partial charge on any atom is 0.323 e. The van der Waals surface area contributed by atoms with E-state index >= 15 is 0 Å². The summed E-state index contributed by atoms with van der Waals surface area (Å²) in [4.78, 5) is 12.1. The first-order chi connectivity index (χ1) is 10.7. The Kier molecular flexibility index (Phi) is 6.86. The topological polar surface area (TPSA) is 38.3 Å². The second kappa shape index (κ2) is 8.90. The normalized spacial score (nSPS) is 11.9. The first-order valence-electron chi connectivity index (χ1n) is 7.37. The second-order valence-electron chi connectivity index (χ2n) is 5.00. The molecule has 1 atom stereocenters. The molecule has 0 amide bonds. The molecule has 0 unspecified atom stereocenters. The van der Waals surface area contributed by atoms with Crippen molar-refractivity contribution in [1.82, 2.24) is 5.32 Å². The van der Waals surface area contributed by atoms with Crippen molar-refractivity contribution in [1.29, 1.82) is 0 Å². The van der Waals surface area contributed by atoms with Crippen LogP contribution in [0.2, 0.25) is 0 Å². The summed E-state index contributed by atoms with van der Waals surface area (Å²) in [6.45, 7) is 2.88. The summed E-state index contributed by atoms with van der Waals surface area (Å²) in [5, 5.41) is 3.31. The Labute approximate surface area is 145 Å². The summed E-state index contributed by atoms with van der Waals surface area (Å²) in [7, 11) is 0. The summed E-state index contributed by atoms with van der Waals surface area (Å²) >= 11 is 2.27. The van der Waals surface area contributed by atoms with Crippen LogP contribution in [0.1, 0.15) is 18.1 Å². The second-order valence-corrected chi connectivity index (χ2v) is 6.25. The van der Waals surface area contributed by atoms with Crippen LogP contribution >= 0.6 is 22.6 Å². The number of carbonyl (C=O) groups excluding carboxylic acids is 1. The predicted octanol–water partition coefficient (Wildman–Crippen LogP) is 3.56. The van der Waals surface area contributed by atoms with Crippen LogP contribution in [0.25, 0.3) is 0 Å². The Morgan fingerprint density at radius 2 is 1.77 bits per heavy atom. The third kappa shape index (κ3) is 5.42. The third-order valence-electron chi connectivity index (χ3n) is 3.32. The zero-order chi connectivity index (χ0) is 15.8. The van der Waals surface area contributed by atoms with E-state index in [0.717, 1.165) is 11.1 Å². The number of ether oxygens (including phenoxy) is 1. The molecule has 116 valence electrons. The highest BCUT2D eigenvalue weighted by molar-refractivity contribution is 14.1. The molecule has 0 heterocycles. The van der Waals surface area contributed by atoms with Gasteiger partial charge < -0.3 is 10.1 Å². The molecule has 0 radical (unpaired) electrons. The van der Waals surface area contributed by atoms with E-state index in [0.29, 0.717) is 19.6 Å². The van der Waals surface area contributed by atoms with Crippen LogP contribution in [-0.4, -0.2) is 18.6 Å². The molecule has 0 saturated heterocycles. The van der Waals surface area contributed by atoms with Gasteiger partial charge in [-0.25, -0.2) is 0 Å². The molecule has 2 aromatic rings. The predicted molar refractivity (Wildman–Crippen MR) is 96.6 cm³/mol. The Hall–Kier alpha value is -1.40. The molecule has 3 nitrogen and oxygen atoms in total. The number of esters is 1. The average Bonchev–Trinajstić information content (AvgIpc) is 2.54. The van der Waals surface area contributed by atoms with Gasteiger partial charge in [0.25, 0.3) is 0 Å². The molecular formula is C18H20INO2. The van der Waals surface area contributed by atoms with Crippen molar-refractivity contribution < 1.29 is 9.53 Å². The quantitative estimate of drug-likeness (QED) is 0.562. The number of nitrogens with one attached hydrogen (secondary N) is 1. The highest BCUT2D eigenvalue weighted by Crippen LogP contribution is 2.10. The van der Waals surface area contributed by atoms with Gasteiger partial charge in [0, 0.05) is 10.1 Å². The molecule has 0 aliphatic heterocycles. The van der Waals surface area contributed by atoms with Crippen molar-refractivity contribution in [3.05, 3.63) is 69.3 Å². The van der Waals surface area contributed by atoms with Crippen LogP contribution in [0.4, 0.5) is 0 Å². The van der Waals surface area contributed by atoms with Crippen molar-refractivity contribution in [2.75, 3.05) is 6.61 Å². The summed E-state index contributed by atoms with van der Waals surface area (Å²) in [6, 6.07) is 17.9. The van der Waals surface area contributed by atoms with Gasteiger partial charge in [0.2, 0.25) is 0 Å². The van der Waals surface area contributed by atoms with Crippen molar-refractivity contribution in [2.24, 2.45) is 0 Å². The molecule has 2 aromatic carbocycles. The van der Waals surface area contributed by atoms with Crippen molar-refractivity contribution in [2.45, 2.75) is 25.9 Å². The minimum absolute atomic E-state index is 0.197. The van der Waals surface area contributed by atoms with Gasteiger partial charge in [0.15, 0.2) is 0 Å². The lowest BCUT2D eigenvalue weighted by Gasteiger charge is -2.17. The number of halogens is 1. The molecule has 0 saturated carbocycles. The summed E-state index contributed by atoms with van der Waals surface area (Å²) < 4.78 is 6.37. The van der Waals surface area contributed by atoms with Crippen LogP contribution in [0.3, 0.4) is 0 Å². The SMILES string of the molecule is CCOC(=O)[C@H](Cc1ccc(I)cc1)NCc1ccccc1. The molecule has 1 N–H and O–H groups in total. The van der Waals surface area contributed by atoms with Crippen LogP contribution in [-0.2, 0) is 22.5 Å². The van der Waals surface area contributed by atoms with E-state index in [-0.39, 0.29) is 12.0 Å². The summed E-state index contributed by atoms with van der Waals surface area (Å²) in [5.41, 5.74) is 2.28. The van der Waals surface area contributed by atoms with E-state index in [1.54, 1.807) is 0 Å². The van der Waals surface area contributed by atoms with E-state index in [4.69, 9.17) is 4.74 Å². The molecule has 0 spiro atoms. The zero-order valence-corrected chi connectivity index (χ0v) is 14.7. The highest BCUT2D eigenvalue weighted by Gasteiger charge is 2.19. The first-order valence-corrected chi connectivity index (χ1v) is 8.45. The Morgan fingerprint density at radius 1 is 1.09 bits per heavy atom. The zero-order valence-electron chi connectivity index (χ0n) is 12.6. The lowest BCUT2D eigenvalue weighted by Crippen LogP contribution is -2.39. The fourth-order valence-electron chi connectivity index (χ4n) is 2.17. The number of rotatable bonds is 7. The molecule has 0 aliphatic rings. The number of hydrogen-bond acceptors (Lipinski definition) is 3. The Bertz CT molecular complexity index is 584. The molecule has 4 heteroatoms. The van der Waals surface area contributed by atoms with E-state index in [1.807, 2.05) is 37.3 Å². The fourth-order valence-corrected chi connectivity index (χ4v) is 2.53. The highest BCUT2D eigenvalue weighted by atomic mass is 127. The smallest absolute Gasteiger partial charge is 0.323 e. The van der Waals surface area contributed by atoms with Crippen molar-refractivity contribution >= 4 is 28.6 Å². The number of hydrogen-bond donors (Lipinski definition) is 1. The standard InChI is InChI=1S/C18H20INO2/c1-2-22-18(21)17(12-14-8-10-16(19)11-9-14)20-13-15-6-4-3-5-7-15/h3-11,17,20H,2,12-13H2,1H3/t17-/m0/s1. The van der Waals surface area contributed by atoms with Gasteiger partial charge in [-0.2, -0.15) is 0 Å². The van der Waals surface area contributed by atoms with Gasteiger partial charge >= 0.3 is 5.97 Å². The van der Waals surface area contributed by atoms with E-state index in [1.165, 1.54) is 3.57 Å². The molecule has 0 bridgehead atoms. The van der Waals surface area contributed by atoms with Crippen LogP contribution in [0.15, 0.2) is 54.6 Å². The van der Waals surface area contributed by atoms with Crippen molar-refractivity contribution in [3.8, 4) is 0 Å². The number of carbonyl (C=O) groups is 1. The molecular weight excluding hydrogens is 389 g/mol. The lowest BCUT2D eigenvalue weighted by molar-refractivity contribution is -0.145. The van der Waals surface area contributed by atoms with E-state index in [2.05, 4.69) is 52.2 Å². The van der Waals surface area contributed by atoms with Gasteiger partial charge in [-0.15, -0.1) is 0 Å². The van der Waals surface area contributed by atoms with Gasteiger partial charge in [0.1, 0.15) is 6.04 Å². The Morgan fingerprint density at radius 3 is 2.41 bits per heavy atom. The van der Waals surface area contributed by atoms with Gasteiger partial charge in [-0.1, -0.05) is 42.5 Å². The Balaban J connectivity index is 2.02. The van der Waals surface area contributed by atoms with Crippen LogP contribution < -0.4 is 5.32 Å². The molecule has 0 aliphatic carbocycles. The summed E-state index contributed by atoms with van der Waals surface area (Å²) in [6.07, 6.45) is 0.628. The van der Waals surface area contributed by atoms with Crippen LogP contribution in [0, 0.1) is 3.57 Å². The van der Waals surface area contributed by atoms with E-state index < -0.39 is 0 Å². The maximum absolute atomic E-state index is 12.1. The number of benzene rings is 2. The minimum atomic E-state index is -0.333. The van der Waals surface area contributed by atoms with Gasteiger partial charge in [-0.05, 0) is 59.2 Å². The first kappa shape index (κ1) is 17.0. The third-order valence-corrected chi connectivity index (χ3v) is 4.04. The maximum atomic E-state index is 12.1. The largest absolute Gasteiger partial charge is 0.465 e. The minimum Gasteiger partial charge on any atom is -0.465 e. The monoisotopic (exact) mass is 409 g/mol. The molecule has 0 fully saturated rings. The lowest BCUT2D eigenvalue weighted by atomic mass is 10.1. The van der Waals surface area contributed by atoms with E-state index in [9.17, 15) is 4.79 Å². The molecule has 0 aromatic heterocycles. The average molecular weight is 409 g/mol. The van der Waals surface area contributed by atoms with Crippen LogP contribution in [0.5, 0.6) is 0 Å². The fraction of sp³-hybridized carbons (Fsp3) is 0.278. The van der Waals surface area contributed by atoms with Gasteiger partial charge in [-0.3, -0.25) is 4.79 Å². The molecule has 2 rings (SSSR count). The van der Waals surface area contributed by atoms with Crippen molar-refractivity contribution in [3.63, 3.8) is 0 Å². The molecule has 22 heavy (non-hydrogen) atoms.